The zero-order valence-electron chi connectivity index (χ0n) is 17.6. The molecule has 2 aliphatic rings. The van der Waals surface area contributed by atoms with E-state index in [-0.39, 0.29) is 29.4 Å². The van der Waals surface area contributed by atoms with E-state index in [0.29, 0.717) is 5.92 Å². The molecule has 1 saturated carbocycles. The van der Waals surface area contributed by atoms with Crippen LogP contribution in [0.4, 0.5) is 18.9 Å². The van der Waals surface area contributed by atoms with E-state index in [9.17, 15) is 18.0 Å². The zero-order valence-corrected chi connectivity index (χ0v) is 18.4. The van der Waals surface area contributed by atoms with Crippen molar-refractivity contribution in [1.29, 1.82) is 5.26 Å². The predicted molar refractivity (Wildman–Crippen MR) is 114 cm³/mol. The van der Waals surface area contributed by atoms with Crippen LogP contribution in [0.1, 0.15) is 63.5 Å². The summed E-state index contributed by atoms with van der Waals surface area (Å²) in [6, 6.07) is 4.83. The SMILES string of the molecule is CC1(C)C(=O)N(c2ccc(C#N)c(C(F)(F)F)c2)C(=S)N1[C@H]1CC[C@H](CCCO)CC1. The molecule has 0 atom stereocenters. The van der Waals surface area contributed by atoms with Gasteiger partial charge in [-0.05, 0) is 88.7 Å². The van der Waals surface area contributed by atoms with Crippen molar-refractivity contribution in [3.8, 4) is 6.07 Å². The highest BCUT2D eigenvalue weighted by atomic mass is 32.1. The highest BCUT2D eigenvalue weighted by Crippen LogP contribution is 2.41. The lowest BCUT2D eigenvalue weighted by molar-refractivity contribution is -0.137. The van der Waals surface area contributed by atoms with Crippen LogP contribution in [0.2, 0.25) is 0 Å². The molecule has 0 bridgehead atoms. The first-order valence-corrected chi connectivity index (χ1v) is 10.8. The highest BCUT2D eigenvalue weighted by Gasteiger charge is 2.52. The Bertz CT molecular complexity index is 902. The molecule has 1 saturated heterocycles. The Morgan fingerprint density at radius 3 is 2.45 bits per heavy atom. The number of aliphatic hydroxyl groups excluding tert-OH is 1. The Hall–Kier alpha value is -2.18. The summed E-state index contributed by atoms with van der Waals surface area (Å²) < 4.78 is 40.3. The molecule has 0 unspecified atom stereocenters. The van der Waals surface area contributed by atoms with Crippen LogP contribution in [0.15, 0.2) is 18.2 Å². The van der Waals surface area contributed by atoms with Crippen LogP contribution >= 0.6 is 12.2 Å². The van der Waals surface area contributed by atoms with Crippen LogP contribution in [0.3, 0.4) is 0 Å². The second-order valence-electron chi connectivity index (χ2n) is 8.73. The lowest BCUT2D eigenvalue weighted by atomic mass is 9.82. The molecule has 1 heterocycles. The van der Waals surface area contributed by atoms with E-state index in [4.69, 9.17) is 22.6 Å². The number of thiocarbonyl (C=S) groups is 1. The first-order chi connectivity index (χ1) is 14.5. The van der Waals surface area contributed by atoms with Gasteiger partial charge in [0.1, 0.15) is 5.54 Å². The lowest BCUT2D eigenvalue weighted by Gasteiger charge is -2.41. The maximum atomic E-state index is 13.4. The number of amides is 1. The fourth-order valence-electron chi connectivity index (χ4n) is 4.73. The number of anilines is 1. The quantitative estimate of drug-likeness (QED) is 0.659. The molecule has 1 aromatic rings. The first-order valence-electron chi connectivity index (χ1n) is 10.4. The van der Waals surface area contributed by atoms with Crippen molar-refractivity contribution in [3.05, 3.63) is 29.3 Å². The third-order valence-corrected chi connectivity index (χ3v) is 6.74. The van der Waals surface area contributed by atoms with Gasteiger partial charge in [0, 0.05) is 12.6 Å². The number of alkyl halides is 3. The number of carbonyl (C=O) groups is 1. The summed E-state index contributed by atoms with van der Waals surface area (Å²) in [5.74, 6) is 0.153. The van der Waals surface area contributed by atoms with Crippen molar-refractivity contribution in [2.24, 2.45) is 5.92 Å². The summed E-state index contributed by atoms with van der Waals surface area (Å²) in [6.07, 6.45) is 0.618. The van der Waals surface area contributed by atoms with Gasteiger partial charge in [0.05, 0.1) is 22.9 Å². The smallest absolute Gasteiger partial charge is 0.396 e. The van der Waals surface area contributed by atoms with Gasteiger partial charge in [-0.15, -0.1) is 0 Å². The van der Waals surface area contributed by atoms with Gasteiger partial charge in [-0.25, -0.2) is 0 Å². The minimum absolute atomic E-state index is 0.0218. The molecule has 31 heavy (non-hydrogen) atoms. The highest BCUT2D eigenvalue weighted by molar-refractivity contribution is 7.80. The zero-order chi connectivity index (χ0) is 23.0. The van der Waals surface area contributed by atoms with Crippen molar-refractivity contribution in [2.45, 2.75) is 70.1 Å². The molecule has 1 aliphatic carbocycles. The van der Waals surface area contributed by atoms with Crippen LogP contribution < -0.4 is 4.90 Å². The van der Waals surface area contributed by atoms with Gasteiger partial charge in [0.15, 0.2) is 5.11 Å². The Kier molecular flexibility index (Phi) is 6.63. The molecule has 3 rings (SSSR count). The van der Waals surface area contributed by atoms with Crippen LogP contribution in [-0.2, 0) is 11.0 Å². The largest absolute Gasteiger partial charge is 0.417 e. The molecule has 0 aromatic heterocycles. The molecule has 2 fully saturated rings. The number of nitriles is 1. The van der Waals surface area contributed by atoms with Gasteiger partial charge in [-0.3, -0.25) is 9.69 Å². The van der Waals surface area contributed by atoms with Crippen molar-refractivity contribution in [2.75, 3.05) is 11.5 Å². The molecule has 168 valence electrons. The van der Waals surface area contributed by atoms with E-state index in [1.807, 2.05) is 4.90 Å². The molecule has 5 nitrogen and oxygen atoms in total. The van der Waals surface area contributed by atoms with Crippen molar-refractivity contribution < 1.29 is 23.1 Å². The average molecular weight is 454 g/mol. The van der Waals surface area contributed by atoms with Crippen LogP contribution in [0.25, 0.3) is 0 Å². The van der Waals surface area contributed by atoms with Gasteiger partial charge in [-0.2, -0.15) is 18.4 Å². The Balaban J connectivity index is 1.88. The van der Waals surface area contributed by atoms with Gasteiger partial charge in [0.25, 0.3) is 5.91 Å². The maximum Gasteiger partial charge on any atom is 0.417 e. The van der Waals surface area contributed by atoms with Gasteiger partial charge in [0.2, 0.25) is 0 Å². The molecule has 0 spiro atoms. The lowest BCUT2D eigenvalue weighted by Crippen LogP contribution is -2.51. The summed E-state index contributed by atoms with van der Waals surface area (Å²) in [5.41, 5.74) is -2.53. The molecule has 1 aliphatic heterocycles. The van der Waals surface area contributed by atoms with E-state index in [0.717, 1.165) is 50.7 Å². The summed E-state index contributed by atoms with van der Waals surface area (Å²) in [5, 5.41) is 18.3. The summed E-state index contributed by atoms with van der Waals surface area (Å²) >= 11 is 5.60. The number of hydrogen-bond acceptors (Lipinski definition) is 4. The van der Waals surface area contributed by atoms with E-state index in [2.05, 4.69) is 0 Å². The number of carbonyl (C=O) groups excluding carboxylic acids is 1. The Labute approximate surface area is 185 Å². The van der Waals surface area contributed by atoms with Crippen LogP contribution in [0.5, 0.6) is 0 Å². The Morgan fingerprint density at radius 2 is 1.90 bits per heavy atom. The average Bonchev–Trinajstić information content (AvgIpc) is 2.90. The molecule has 1 N–H and O–H groups in total. The number of benzene rings is 1. The summed E-state index contributed by atoms with van der Waals surface area (Å²) in [7, 11) is 0. The van der Waals surface area contributed by atoms with Gasteiger partial charge < -0.3 is 10.0 Å². The van der Waals surface area contributed by atoms with E-state index in [1.165, 1.54) is 11.0 Å². The van der Waals surface area contributed by atoms with E-state index < -0.39 is 22.8 Å². The number of rotatable bonds is 5. The number of aliphatic hydroxyl groups is 1. The van der Waals surface area contributed by atoms with Crippen molar-refractivity contribution >= 4 is 28.9 Å². The minimum atomic E-state index is -4.71. The van der Waals surface area contributed by atoms with E-state index >= 15 is 0 Å². The fourth-order valence-corrected chi connectivity index (χ4v) is 5.29. The minimum Gasteiger partial charge on any atom is -0.396 e. The second-order valence-corrected chi connectivity index (χ2v) is 9.10. The summed E-state index contributed by atoms with van der Waals surface area (Å²) in [4.78, 5) is 16.3. The summed E-state index contributed by atoms with van der Waals surface area (Å²) in [6.45, 7) is 3.67. The maximum absolute atomic E-state index is 13.4. The first kappa shape index (κ1) is 23.5. The predicted octanol–water partition coefficient (Wildman–Crippen LogP) is 4.62. The van der Waals surface area contributed by atoms with Crippen LogP contribution in [0, 0.1) is 17.2 Å². The molecule has 1 amide bonds. The molecular weight excluding hydrogens is 427 g/mol. The molecular formula is C22H26F3N3O2S. The second kappa shape index (κ2) is 8.75. The van der Waals surface area contributed by atoms with E-state index in [1.54, 1.807) is 19.9 Å². The molecule has 0 radical (unpaired) electrons. The Morgan fingerprint density at radius 1 is 1.26 bits per heavy atom. The third kappa shape index (κ3) is 4.41. The van der Waals surface area contributed by atoms with Gasteiger partial charge >= 0.3 is 6.18 Å². The molecule has 9 heteroatoms. The molecule has 1 aromatic carbocycles. The normalized spacial score (nSPS) is 23.9. The van der Waals surface area contributed by atoms with Crippen molar-refractivity contribution in [1.82, 2.24) is 4.90 Å². The standard InChI is InChI=1S/C22H26F3N3O2S/c1-21(2)19(30)27(17-10-7-15(13-26)18(12-17)22(23,24)25)20(31)28(21)16-8-5-14(6-9-16)4-3-11-29/h7,10,12,14,16,29H,3-6,8-9,11H2,1-2H3/t14-,16-. The number of hydrogen-bond donors (Lipinski definition) is 1. The van der Waals surface area contributed by atoms with Crippen LogP contribution in [-0.4, -0.2) is 39.2 Å². The van der Waals surface area contributed by atoms with Gasteiger partial charge in [-0.1, -0.05) is 0 Å². The third-order valence-electron chi connectivity index (χ3n) is 6.37. The number of halogens is 3. The topological polar surface area (TPSA) is 67.6 Å². The fraction of sp³-hybridized carbons (Fsp3) is 0.591. The van der Waals surface area contributed by atoms with Crippen molar-refractivity contribution in [3.63, 3.8) is 0 Å². The number of nitrogens with zero attached hydrogens (tertiary/aromatic N) is 3. The monoisotopic (exact) mass is 453 g/mol.